The second-order valence-corrected chi connectivity index (χ2v) is 7.55. The molecule has 30 heavy (non-hydrogen) atoms. The average Bonchev–Trinajstić information content (AvgIpc) is 3.15. The Bertz CT molecular complexity index is 1020. The van der Waals surface area contributed by atoms with Crippen molar-refractivity contribution in [3.63, 3.8) is 0 Å². The molecule has 0 atom stereocenters. The zero-order valence-corrected chi connectivity index (χ0v) is 17.9. The Morgan fingerprint density at radius 3 is 2.50 bits per heavy atom. The summed E-state index contributed by atoms with van der Waals surface area (Å²) in [6, 6.07) is 11.8. The number of likely N-dealkylation sites (N-methyl/N-ethyl adjacent to an activating group) is 1. The highest BCUT2D eigenvalue weighted by Crippen LogP contribution is 2.24. The number of fused-ring (bicyclic) bond motifs is 1. The van der Waals surface area contributed by atoms with E-state index >= 15 is 0 Å². The third kappa shape index (κ3) is 3.98. The number of hydrogen-bond donors (Lipinski definition) is 1. The molecule has 0 aliphatic carbocycles. The molecule has 0 radical (unpaired) electrons. The molecule has 1 N–H and O–H groups in total. The number of nitrogens with zero attached hydrogens (tertiary/aromatic N) is 4. The summed E-state index contributed by atoms with van der Waals surface area (Å²) >= 11 is 0. The maximum absolute atomic E-state index is 13.1. The molecule has 0 saturated carbocycles. The number of aromatic nitrogens is 2. The normalized spacial score (nSPS) is 14.8. The van der Waals surface area contributed by atoms with Crippen LogP contribution in [0.1, 0.15) is 30.0 Å². The third-order valence-electron chi connectivity index (χ3n) is 5.53. The van der Waals surface area contributed by atoms with Crippen LogP contribution in [0.4, 0.5) is 11.4 Å². The average molecular weight is 408 g/mol. The van der Waals surface area contributed by atoms with Gasteiger partial charge in [-0.3, -0.25) is 9.20 Å². The lowest BCUT2D eigenvalue weighted by Crippen LogP contribution is -2.44. The highest BCUT2D eigenvalue weighted by atomic mass is 16.5. The van der Waals surface area contributed by atoms with Crippen molar-refractivity contribution >= 4 is 22.9 Å². The van der Waals surface area contributed by atoms with Crippen LogP contribution in [0.3, 0.4) is 0 Å². The van der Waals surface area contributed by atoms with E-state index < -0.39 is 0 Å². The van der Waals surface area contributed by atoms with Gasteiger partial charge in [0.1, 0.15) is 5.69 Å². The molecule has 1 aliphatic rings. The van der Waals surface area contributed by atoms with E-state index in [2.05, 4.69) is 39.3 Å². The fourth-order valence-electron chi connectivity index (χ4n) is 3.86. The molecule has 158 valence electrons. The van der Waals surface area contributed by atoms with Gasteiger partial charge in [-0.05, 0) is 56.8 Å². The highest BCUT2D eigenvalue weighted by molar-refractivity contribution is 6.04. The van der Waals surface area contributed by atoms with Gasteiger partial charge in [0.15, 0.2) is 11.4 Å². The topological polar surface area (TPSA) is 62.1 Å². The Kier molecular flexibility index (Phi) is 5.90. The Labute approximate surface area is 177 Å². The Morgan fingerprint density at radius 1 is 1.10 bits per heavy atom. The molecule has 0 bridgehead atoms. The quantitative estimate of drug-likeness (QED) is 0.679. The van der Waals surface area contributed by atoms with Crippen molar-refractivity contribution in [1.82, 2.24) is 14.3 Å². The summed E-state index contributed by atoms with van der Waals surface area (Å²) in [5.41, 5.74) is 3.94. The number of imidazole rings is 1. The van der Waals surface area contributed by atoms with E-state index in [0.29, 0.717) is 30.1 Å². The van der Waals surface area contributed by atoms with Gasteiger partial charge < -0.3 is 19.9 Å². The molecule has 0 unspecified atom stereocenters. The van der Waals surface area contributed by atoms with Gasteiger partial charge in [-0.15, -0.1) is 0 Å². The first-order valence-electron chi connectivity index (χ1n) is 10.6. The van der Waals surface area contributed by atoms with E-state index in [0.717, 1.165) is 37.6 Å². The number of amides is 1. The van der Waals surface area contributed by atoms with Gasteiger partial charge in [0.05, 0.1) is 12.3 Å². The summed E-state index contributed by atoms with van der Waals surface area (Å²) in [4.78, 5) is 22.5. The van der Waals surface area contributed by atoms with Crippen molar-refractivity contribution in [2.45, 2.75) is 20.3 Å². The van der Waals surface area contributed by atoms with E-state index in [1.165, 1.54) is 5.69 Å². The van der Waals surface area contributed by atoms with E-state index in [-0.39, 0.29) is 5.91 Å². The first kappa shape index (κ1) is 20.2. The van der Waals surface area contributed by atoms with E-state index in [4.69, 9.17) is 4.74 Å². The number of rotatable bonds is 6. The molecule has 1 amide bonds. The zero-order chi connectivity index (χ0) is 21.1. The lowest BCUT2D eigenvalue weighted by molar-refractivity contribution is 0.102. The van der Waals surface area contributed by atoms with Crippen molar-refractivity contribution in [2.24, 2.45) is 0 Å². The van der Waals surface area contributed by atoms with Gasteiger partial charge in [-0.1, -0.05) is 6.92 Å². The van der Waals surface area contributed by atoms with Crippen LogP contribution >= 0.6 is 0 Å². The summed E-state index contributed by atoms with van der Waals surface area (Å²) in [5.74, 6) is 0.519. The minimum Gasteiger partial charge on any atom is -0.490 e. The van der Waals surface area contributed by atoms with Gasteiger partial charge >= 0.3 is 0 Å². The highest BCUT2D eigenvalue weighted by Gasteiger charge is 2.21. The SMILES string of the molecule is CCOc1cccn2c(C(=O)Nc3ccc(N4CCN(C)CC4)cc3)c(CC)nc12. The summed E-state index contributed by atoms with van der Waals surface area (Å²) in [7, 11) is 2.15. The van der Waals surface area contributed by atoms with Crippen molar-refractivity contribution < 1.29 is 9.53 Å². The summed E-state index contributed by atoms with van der Waals surface area (Å²) < 4.78 is 7.50. The van der Waals surface area contributed by atoms with Crippen LogP contribution in [-0.2, 0) is 6.42 Å². The molecule has 3 aromatic rings. The fourth-order valence-corrected chi connectivity index (χ4v) is 3.86. The first-order valence-corrected chi connectivity index (χ1v) is 10.6. The van der Waals surface area contributed by atoms with Crippen LogP contribution < -0.4 is 15.0 Å². The van der Waals surface area contributed by atoms with Crippen molar-refractivity contribution in [1.29, 1.82) is 0 Å². The van der Waals surface area contributed by atoms with Gasteiger partial charge in [0.25, 0.3) is 5.91 Å². The van der Waals surface area contributed by atoms with E-state index in [1.54, 1.807) is 0 Å². The van der Waals surface area contributed by atoms with Gasteiger partial charge in [0, 0.05) is 43.8 Å². The zero-order valence-electron chi connectivity index (χ0n) is 17.9. The van der Waals surface area contributed by atoms with Crippen molar-refractivity contribution in [2.75, 3.05) is 50.1 Å². The summed E-state index contributed by atoms with van der Waals surface area (Å²) in [6.45, 7) is 8.66. The Balaban J connectivity index is 1.55. The van der Waals surface area contributed by atoms with Crippen LogP contribution in [0.25, 0.3) is 5.65 Å². The van der Waals surface area contributed by atoms with Gasteiger partial charge in [-0.2, -0.15) is 0 Å². The number of piperazine rings is 1. The van der Waals surface area contributed by atoms with Crippen LogP contribution in [-0.4, -0.2) is 60.0 Å². The van der Waals surface area contributed by atoms with Crippen LogP contribution in [0.2, 0.25) is 0 Å². The monoisotopic (exact) mass is 407 g/mol. The van der Waals surface area contributed by atoms with E-state index in [9.17, 15) is 4.79 Å². The van der Waals surface area contributed by atoms with Crippen LogP contribution in [0, 0.1) is 0 Å². The summed E-state index contributed by atoms with van der Waals surface area (Å²) in [6.07, 6.45) is 2.52. The molecular weight excluding hydrogens is 378 g/mol. The number of benzene rings is 1. The molecule has 1 fully saturated rings. The number of hydrogen-bond acceptors (Lipinski definition) is 5. The molecule has 2 aromatic heterocycles. The molecular formula is C23H29N5O2. The Morgan fingerprint density at radius 2 is 1.83 bits per heavy atom. The minimum absolute atomic E-state index is 0.166. The maximum atomic E-state index is 13.1. The Hall–Kier alpha value is -3.06. The molecule has 1 aromatic carbocycles. The lowest BCUT2D eigenvalue weighted by atomic mass is 10.2. The van der Waals surface area contributed by atoms with Crippen LogP contribution in [0.5, 0.6) is 5.75 Å². The predicted molar refractivity (Wildman–Crippen MR) is 120 cm³/mol. The van der Waals surface area contributed by atoms with Gasteiger partial charge in [0.2, 0.25) is 0 Å². The number of anilines is 2. The largest absolute Gasteiger partial charge is 0.490 e. The maximum Gasteiger partial charge on any atom is 0.274 e. The molecule has 7 heteroatoms. The number of pyridine rings is 1. The molecule has 1 aliphatic heterocycles. The number of ether oxygens (including phenoxy) is 1. The number of aryl methyl sites for hydroxylation is 1. The van der Waals surface area contributed by atoms with E-state index in [1.807, 2.05) is 48.7 Å². The smallest absolute Gasteiger partial charge is 0.274 e. The predicted octanol–water partition coefficient (Wildman–Crippen LogP) is 3.30. The molecule has 3 heterocycles. The second kappa shape index (κ2) is 8.75. The summed E-state index contributed by atoms with van der Waals surface area (Å²) in [5, 5.41) is 3.03. The molecule has 7 nitrogen and oxygen atoms in total. The van der Waals surface area contributed by atoms with Gasteiger partial charge in [-0.25, -0.2) is 4.98 Å². The number of carbonyl (C=O) groups excluding carboxylic acids is 1. The number of carbonyl (C=O) groups is 1. The fraction of sp³-hybridized carbons (Fsp3) is 0.391. The minimum atomic E-state index is -0.166. The first-order chi connectivity index (χ1) is 14.6. The number of nitrogens with one attached hydrogen (secondary N) is 1. The standard InChI is InChI=1S/C23H29N5O2/c1-4-19-21(28-12-6-7-20(30-5-2)22(28)25-19)23(29)24-17-8-10-18(11-9-17)27-15-13-26(3)14-16-27/h6-12H,4-5,13-16H2,1-3H3,(H,24,29). The molecule has 1 saturated heterocycles. The molecule has 0 spiro atoms. The second-order valence-electron chi connectivity index (χ2n) is 7.55. The lowest BCUT2D eigenvalue weighted by Gasteiger charge is -2.34. The molecule has 4 rings (SSSR count). The van der Waals surface area contributed by atoms with Crippen molar-refractivity contribution in [3.05, 3.63) is 54.0 Å². The van der Waals surface area contributed by atoms with Crippen molar-refractivity contribution in [3.8, 4) is 5.75 Å². The third-order valence-corrected chi connectivity index (χ3v) is 5.53. The van der Waals surface area contributed by atoms with Crippen LogP contribution in [0.15, 0.2) is 42.6 Å².